The summed E-state index contributed by atoms with van der Waals surface area (Å²) in [6.45, 7) is 1.24. The van der Waals surface area contributed by atoms with Crippen LogP contribution < -0.4 is 5.56 Å². The Morgan fingerprint density at radius 2 is 1.92 bits per heavy atom. The molecule has 1 aliphatic carbocycles. The van der Waals surface area contributed by atoms with Crippen LogP contribution in [0.5, 0.6) is 0 Å². The second-order valence-electron chi connectivity index (χ2n) is 6.44. The molecular weight excluding hydrogens is 341 g/mol. The Labute approximate surface area is 149 Å². The molecule has 0 spiro atoms. The molecule has 4 rings (SSSR count). The third-order valence-electron chi connectivity index (χ3n) is 4.43. The van der Waals surface area contributed by atoms with E-state index in [9.17, 15) is 9.18 Å². The zero-order valence-corrected chi connectivity index (χ0v) is 14.3. The first kappa shape index (κ1) is 16.2. The van der Waals surface area contributed by atoms with Crippen molar-refractivity contribution in [1.29, 1.82) is 0 Å². The van der Waals surface area contributed by atoms with Crippen molar-refractivity contribution in [3.05, 3.63) is 75.0 Å². The lowest BCUT2D eigenvalue weighted by molar-refractivity contribution is 0.239. The third kappa shape index (κ3) is 3.72. The van der Waals surface area contributed by atoms with Gasteiger partial charge in [0, 0.05) is 17.6 Å². The summed E-state index contributed by atoms with van der Waals surface area (Å²) in [5.74, 6) is 0.382. The minimum atomic E-state index is -0.237. The summed E-state index contributed by atoms with van der Waals surface area (Å²) in [7, 11) is 0. The van der Waals surface area contributed by atoms with Crippen LogP contribution in [0, 0.1) is 5.82 Å². The number of hydrogen-bond donors (Lipinski definition) is 1. The minimum absolute atomic E-state index is 0.158. The first-order chi connectivity index (χ1) is 12.1. The van der Waals surface area contributed by atoms with Crippen LogP contribution in [0.4, 0.5) is 4.39 Å². The van der Waals surface area contributed by atoms with Gasteiger partial charge in [0.2, 0.25) is 0 Å². The number of nitrogens with one attached hydrogen (secondary N) is 1. The highest BCUT2D eigenvalue weighted by atomic mass is 35.5. The largest absolute Gasteiger partial charge is 0.309 e. The number of aromatic amines is 1. The Bertz CT molecular complexity index is 967. The molecule has 0 atom stereocenters. The number of aromatic nitrogens is 2. The number of benzene rings is 2. The van der Waals surface area contributed by atoms with Crippen LogP contribution in [-0.2, 0) is 13.1 Å². The highest BCUT2D eigenvalue weighted by Gasteiger charge is 2.29. The molecule has 0 amide bonds. The van der Waals surface area contributed by atoms with Gasteiger partial charge in [0.1, 0.15) is 11.6 Å². The van der Waals surface area contributed by atoms with Crippen LogP contribution in [0.3, 0.4) is 0 Å². The maximum Gasteiger partial charge on any atom is 0.258 e. The fraction of sp³-hybridized carbons (Fsp3) is 0.263. The Hall–Kier alpha value is -2.24. The maximum atomic E-state index is 13.1. The van der Waals surface area contributed by atoms with E-state index in [0.717, 1.165) is 18.4 Å². The smallest absolute Gasteiger partial charge is 0.258 e. The van der Waals surface area contributed by atoms with E-state index in [1.54, 1.807) is 30.3 Å². The molecule has 1 fully saturated rings. The normalized spacial score (nSPS) is 14.4. The first-order valence-corrected chi connectivity index (χ1v) is 8.63. The number of hydrogen-bond acceptors (Lipinski definition) is 3. The quantitative estimate of drug-likeness (QED) is 0.753. The first-order valence-electron chi connectivity index (χ1n) is 8.25. The molecule has 1 saturated carbocycles. The van der Waals surface area contributed by atoms with Crippen LogP contribution in [-0.4, -0.2) is 20.9 Å². The maximum absolute atomic E-state index is 13.1. The standard InChI is InChI=1S/C19H17ClFN3O/c20-13-3-8-16-17(9-13)22-18(23-19(16)25)11-24(15-6-7-15)10-12-1-4-14(21)5-2-12/h1-5,8-9,15H,6-7,10-11H2,(H,22,23,25). The lowest BCUT2D eigenvalue weighted by Crippen LogP contribution is -2.27. The zero-order valence-electron chi connectivity index (χ0n) is 13.5. The summed E-state index contributed by atoms with van der Waals surface area (Å²) >= 11 is 6.02. The van der Waals surface area contributed by atoms with Crippen LogP contribution in [0.1, 0.15) is 24.2 Å². The van der Waals surface area contributed by atoms with Gasteiger partial charge in [-0.25, -0.2) is 9.37 Å². The van der Waals surface area contributed by atoms with Gasteiger partial charge in [-0.1, -0.05) is 23.7 Å². The van der Waals surface area contributed by atoms with E-state index >= 15 is 0 Å². The minimum Gasteiger partial charge on any atom is -0.309 e. The average molecular weight is 358 g/mol. The van der Waals surface area contributed by atoms with Gasteiger partial charge in [-0.2, -0.15) is 0 Å². The number of H-pyrrole nitrogens is 1. The molecule has 6 heteroatoms. The van der Waals surface area contributed by atoms with Crippen molar-refractivity contribution < 1.29 is 4.39 Å². The Balaban J connectivity index is 1.61. The van der Waals surface area contributed by atoms with E-state index in [1.165, 1.54) is 12.1 Å². The second kappa shape index (κ2) is 6.58. The summed E-state index contributed by atoms with van der Waals surface area (Å²) in [5.41, 5.74) is 1.48. The molecule has 4 nitrogen and oxygen atoms in total. The third-order valence-corrected chi connectivity index (χ3v) is 4.67. The topological polar surface area (TPSA) is 49.0 Å². The van der Waals surface area contributed by atoms with Crippen LogP contribution in [0.2, 0.25) is 5.02 Å². The van der Waals surface area contributed by atoms with Crippen molar-refractivity contribution in [1.82, 2.24) is 14.9 Å². The zero-order chi connectivity index (χ0) is 17.4. The number of fused-ring (bicyclic) bond motifs is 1. The SMILES string of the molecule is O=c1[nH]c(CN(Cc2ccc(F)cc2)C2CC2)nc2cc(Cl)ccc12. The molecule has 2 aromatic carbocycles. The van der Waals surface area contributed by atoms with E-state index in [2.05, 4.69) is 14.9 Å². The monoisotopic (exact) mass is 357 g/mol. The summed E-state index contributed by atoms with van der Waals surface area (Å²) in [6.07, 6.45) is 2.26. The van der Waals surface area contributed by atoms with Crippen molar-refractivity contribution in [3.8, 4) is 0 Å². The van der Waals surface area contributed by atoms with Gasteiger partial charge in [-0.15, -0.1) is 0 Å². The fourth-order valence-electron chi connectivity index (χ4n) is 3.01. The molecule has 0 bridgehead atoms. The number of rotatable bonds is 5. The number of halogens is 2. The predicted molar refractivity (Wildman–Crippen MR) is 96.0 cm³/mol. The number of nitrogens with zero attached hydrogens (tertiary/aromatic N) is 2. The van der Waals surface area contributed by atoms with E-state index in [-0.39, 0.29) is 11.4 Å². The van der Waals surface area contributed by atoms with E-state index in [1.807, 2.05) is 0 Å². The Morgan fingerprint density at radius 3 is 2.64 bits per heavy atom. The summed E-state index contributed by atoms with van der Waals surface area (Å²) in [5, 5.41) is 1.09. The second-order valence-corrected chi connectivity index (χ2v) is 6.87. The van der Waals surface area contributed by atoms with E-state index in [0.29, 0.717) is 40.9 Å². The van der Waals surface area contributed by atoms with Crippen molar-refractivity contribution in [2.45, 2.75) is 32.0 Å². The summed E-state index contributed by atoms with van der Waals surface area (Å²) < 4.78 is 13.1. The molecule has 0 saturated heterocycles. The van der Waals surface area contributed by atoms with Crippen LogP contribution in [0.15, 0.2) is 47.3 Å². The van der Waals surface area contributed by atoms with Gasteiger partial charge in [-0.3, -0.25) is 9.69 Å². The van der Waals surface area contributed by atoms with Crippen molar-refractivity contribution in [2.24, 2.45) is 0 Å². The molecule has 3 aromatic rings. The lowest BCUT2D eigenvalue weighted by atomic mass is 10.2. The van der Waals surface area contributed by atoms with E-state index in [4.69, 9.17) is 11.6 Å². The van der Waals surface area contributed by atoms with Crippen molar-refractivity contribution >= 4 is 22.5 Å². The molecule has 1 aromatic heterocycles. The molecule has 1 heterocycles. The van der Waals surface area contributed by atoms with Gasteiger partial charge >= 0.3 is 0 Å². The summed E-state index contributed by atoms with van der Waals surface area (Å²) in [6, 6.07) is 12.1. The average Bonchev–Trinajstić information content (AvgIpc) is 3.41. The van der Waals surface area contributed by atoms with E-state index < -0.39 is 0 Å². The highest BCUT2D eigenvalue weighted by molar-refractivity contribution is 6.31. The molecule has 0 radical (unpaired) electrons. The van der Waals surface area contributed by atoms with Gasteiger partial charge < -0.3 is 4.98 Å². The molecular formula is C19H17ClFN3O. The molecule has 128 valence electrons. The lowest BCUT2D eigenvalue weighted by Gasteiger charge is -2.21. The van der Waals surface area contributed by atoms with Crippen LogP contribution >= 0.6 is 11.6 Å². The van der Waals surface area contributed by atoms with Crippen molar-refractivity contribution in [2.75, 3.05) is 0 Å². The highest BCUT2D eigenvalue weighted by Crippen LogP contribution is 2.29. The molecule has 25 heavy (non-hydrogen) atoms. The molecule has 0 unspecified atom stereocenters. The molecule has 1 N–H and O–H groups in total. The van der Waals surface area contributed by atoms with Gasteiger partial charge in [0.05, 0.1) is 17.4 Å². The molecule has 1 aliphatic rings. The predicted octanol–water partition coefficient (Wildman–Crippen LogP) is 3.88. The van der Waals surface area contributed by atoms with Crippen molar-refractivity contribution in [3.63, 3.8) is 0 Å². The van der Waals surface area contributed by atoms with Crippen LogP contribution in [0.25, 0.3) is 10.9 Å². The van der Waals surface area contributed by atoms with Gasteiger partial charge in [0.15, 0.2) is 0 Å². The Morgan fingerprint density at radius 1 is 1.16 bits per heavy atom. The summed E-state index contributed by atoms with van der Waals surface area (Å²) in [4.78, 5) is 22.0. The Kier molecular flexibility index (Phi) is 4.27. The van der Waals surface area contributed by atoms with Gasteiger partial charge in [-0.05, 0) is 48.7 Å². The van der Waals surface area contributed by atoms with Gasteiger partial charge in [0.25, 0.3) is 5.56 Å². The fourth-order valence-corrected chi connectivity index (χ4v) is 3.17. The molecule has 0 aliphatic heterocycles.